The molecule has 40 heavy (non-hydrogen) atoms. The molecule has 12 heteroatoms. The van der Waals surface area contributed by atoms with Crippen molar-refractivity contribution in [1.82, 2.24) is 4.98 Å². The van der Waals surface area contributed by atoms with Crippen molar-refractivity contribution in [2.75, 3.05) is 32.8 Å². The summed E-state index contributed by atoms with van der Waals surface area (Å²) in [7, 11) is 4.24. The fourth-order valence-electron chi connectivity index (χ4n) is 4.37. The number of nitrogens with zero attached hydrogens (tertiary/aromatic N) is 2. The molecule has 1 saturated heterocycles. The molecule has 0 aliphatic carbocycles. The molecule has 1 amide bonds. The number of Topliss-reactive ketones (excluding diaryl/α,β-unsaturated/α-hetero) is 1. The minimum Gasteiger partial charge on any atom is -0.507 e. The number of aliphatic hydroxyl groups excluding tert-OH is 1. The number of ketones is 1. The number of halogens is 1. The highest BCUT2D eigenvalue weighted by atomic mass is 32.1. The summed E-state index contributed by atoms with van der Waals surface area (Å²) in [6, 6.07) is 5.78. The molecule has 2 heterocycles. The highest BCUT2D eigenvalue weighted by Gasteiger charge is 2.49. The normalized spacial score (nSPS) is 16.3. The van der Waals surface area contributed by atoms with Crippen molar-refractivity contribution in [2.24, 2.45) is 0 Å². The zero-order chi connectivity index (χ0) is 29.3. The molecule has 4 rings (SSSR count). The molecule has 1 aliphatic heterocycles. The van der Waals surface area contributed by atoms with Crippen LogP contribution >= 0.6 is 11.3 Å². The standard InChI is InChI=1S/C28H27FN2O8S/c1-7-39-27(35)25-14(3)30-28(40-25)31-21(16-11-18(36-4)24(38-6)19(12-16)37-5)20(23(33)26(31)34)22(32)15-9-8-13(2)17(29)10-15/h8-12,21,32H,7H2,1-6H3. The Kier molecular flexibility index (Phi) is 8.10. The van der Waals surface area contributed by atoms with Gasteiger partial charge < -0.3 is 24.1 Å². The van der Waals surface area contributed by atoms with Gasteiger partial charge in [0.15, 0.2) is 16.6 Å². The first-order valence-corrected chi connectivity index (χ1v) is 12.9. The first-order valence-electron chi connectivity index (χ1n) is 12.1. The average molecular weight is 571 g/mol. The van der Waals surface area contributed by atoms with Crippen molar-refractivity contribution < 1.29 is 42.8 Å². The summed E-state index contributed by atoms with van der Waals surface area (Å²) in [5.41, 5.74) is 0.620. The largest absolute Gasteiger partial charge is 0.507 e. The third-order valence-corrected chi connectivity index (χ3v) is 7.48. The Morgan fingerprint density at radius 2 is 1.73 bits per heavy atom. The van der Waals surface area contributed by atoms with E-state index in [1.54, 1.807) is 20.8 Å². The van der Waals surface area contributed by atoms with Gasteiger partial charge in [-0.3, -0.25) is 14.5 Å². The molecule has 1 atom stereocenters. The van der Waals surface area contributed by atoms with Gasteiger partial charge in [-0.2, -0.15) is 0 Å². The number of esters is 1. The summed E-state index contributed by atoms with van der Waals surface area (Å²) in [5, 5.41) is 11.4. The number of hydrogen-bond acceptors (Lipinski definition) is 10. The van der Waals surface area contributed by atoms with Crippen LogP contribution in [-0.2, 0) is 14.3 Å². The predicted molar refractivity (Wildman–Crippen MR) is 145 cm³/mol. The molecular weight excluding hydrogens is 543 g/mol. The highest BCUT2D eigenvalue weighted by molar-refractivity contribution is 7.17. The van der Waals surface area contributed by atoms with Gasteiger partial charge in [0, 0.05) is 5.56 Å². The Hall–Kier alpha value is -4.45. The molecule has 1 aromatic heterocycles. The zero-order valence-corrected chi connectivity index (χ0v) is 23.5. The van der Waals surface area contributed by atoms with Gasteiger partial charge in [0.2, 0.25) is 5.75 Å². The monoisotopic (exact) mass is 570 g/mol. The second kappa shape index (κ2) is 11.3. The molecule has 1 fully saturated rings. The molecular formula is C28H27FN2O8S. The first-order chi connectivity index (χ1) is 19.1. The van der Waals surface area contributed by atoms with Crippen LogP contribution in [0.1, 0.15) is 45.0 Å². The highest BCUT2D eigenvalue weighted by Crippen LogP contribution is 2.48. The molecule has 1 aliphatic rings. The van der Waals surface area contributed by atoms with Crippen molar-refractivity contribution >= 4 is 39.9 Å². The van der Waals surface area contributed by atoms with E-state index in [-0.39, 0.29) is 45.0 Å². The van der Waals surface area contributed by atoms with Gasteiger partial charge in [-0.25, -0.2) is 14.2 Å². The number of aliphatic hydroxyl groups is 1. The molecule has 0 spiro atoms. The van der Waals surface area contributed by atoms with Gasteiger partial charge >= 0.3 is 11.9 Å². The number of methoxy groups -OCH3 is 3. The predicted octanol–water partition coefficient (Wildman–Crippen LogP) is 4.73. The van der Waals surface area contributed by atoms with Crippen LogP contribution in [0.15, 0.2) is 35.9 Å². The number of ether oxygens (including phenoxy) is 4. The lowest BCUT2D eigenvalue weighted by molar-refractivity contribution is -0.132. The van der Waals surface area contributed by atoms with E-state index < -0.39 is 35.3 Å². The Balaban J connectivity index is 2.01. The summed E-state index contributed by atoms with van der Waals surface area (Å²) in [6.45, 7) is 4.92. The molecule has 10 nitrogen and oxygen atoms in total. The van der Waals surface area contributed by atoms with E-state index >= 15 is 0 Å². The Bertz CT molecular complexity index is 1520. The number of hydrogen-bond donors (Lipinski definition) is 1. The maximum absolute atomic E-state index is 14.4. The molecule has 2 aromatic carbocycles. The minimum absolute atomic E-state index is 0.000994. The molecule has 1 unspecified atom stereocenters. The number of aryl methyl sites for hydroxylation is 2. The van der Waals surface area contributed by atoms with Crippen molar-refractivity contribution in [3.05, 3.63) is 69.0 Å². The number of anilines is 1. The average Bonchev–Trinajstić information content (AvgIpc) is 3.45. The Morgan fingerprint density at radius 3 is 2.27 bits per heavy atom. The maximum Gasteiger partial charge on any atom is 0.350 e. The van der Waals surface area contributed by atoms with E-state index in [0.717, 1.165) is 22.3 Å². The van der Waals surface area contributed by atoms with Crippen LogP contribution in [0, 0.1) is 19.7 Å². The van der Waals surface area contributed by atoms with Gasteiger partial charge in [-0.1, -0.05) is 23.5 Å². The number of carbonyl (C=O) groups is 3. The lowest BCUT2D eigenvalue weighted by Gasteiger charge is -2.24. The topological polar surface area (TPSA) is 124 Å². The molecule has 1 N–H and O–H groups in total. The summed E-state index contributed by atoms with van der Waals surface area (Å²) in [5.74, 6) is -3.12. The van der Waals surface area contributed by atoms with Gasteiger partial charge in [0.25, 0.3) is 5.78 Å². The fraction of sp³-hybridized carbons (Fsp3) is 0.286. The van der Waals surface area contributed by atoms with Crippen molar-refractivity contribution in [1.29, 1.82) is 0 Å². The molecule has 0 radical (unpaired) electrons. The second-order valence-corrected chi connectivity index (χ2v) is 9.70. The zero-order valence-electron chi connectivity index (χ0n) is 22.7. The number of aromatic nitrogens is 1. The molecule has 0 bridgehead atoms. The summed E-state index contributed by atoms with van der Waals surface area (Å²) in [4.78, 5) is 45.1. The van der Waals surface area contributed by atoms with Crippen LogP contribution in [0.4, 0.5) is 9.52 Å². The van der Waals surface area contributed by atoms with Crippen LogP contribution in [0.3, 0.4) is 0 Å². The van der Waals surface area contributed by atoms with Crippen molar-refractivity contribution in [3.8, 4) is 17.2 Å². The number of thiazole rings is 1. The van der Waals surface area contributed by atoms with E-state index in [0.29, 0.717) is 16.8 Å². The van der Waals surface area contributed by atoms with E-state index in [1.807, 2.05) is 0 Å². The Morgan fingerprint density at radius 1 is 1.07 bits per heavy atom. The van der Waals surface area contributed by atoms with Crippen LogP contribution < -0.4 is 19.1 Å². The second-order valence-electron chi connectivity index (χ2n) is 8.72. The van der Waals surface area contributed by atoms with E-state index in [9.17, 15) is 23.9 Å². The maximum atomic E-state index is 14.4. The fourth-order valence-corrected chi connectivity index (χ4v) is 5.36. The minimum atomic E-state index is -1.25. The first kappa shape index (κ1) is 28.6. The number of amides is 1. The van der Waals surface area contributed by atoms with E-state index in [2.05, 4.69) is 4.98 Å². The summed E-state index contributed by atoms with van der Waals surface area (Å²) >= 11 is 0.866. The number of carbonyl (C=O) groups excluding carboxylic acids is 3. The number of rotatable bonds is 8. The summed E-state index contributed by atoms with van der Waals surface area (Å²) < 4.78 is 35.9. The molecule has 210 valence electrons. The Labute approximate surface area is 233 Å². The van der Waals surface area contributed by atoms with Gasteiger partial charge in [-0.15, -0.1) is 0 Å². The third kappa shape index (κ3) is 4.86. The van der Waals surface area contributed by atoms with Crippen LogP contribution in [0.5, 0.6) is 17.2 Å². The number of benzene rings is 2. The van der Waals surface area contributed by atoms with Crippen LogP contribution in [0.2, 0.25) is 0 Å². The summed E-state index contributed by atoms with van der Waals surface area (Å²) in [6.07, 6.45) is 0. The van der Waals surface area contributed by atoms with Gasteiger partial charge in [-0.05, 0) is 50.1 Å². The lowest BCUT2D eigenvalue weighted by atomic mass is 9.94. The molecule has 3 aromatic rings. The van der Waals surface area contributed by atoms with E-state index in [1.165, 1.54) is 45.6 Å². The van der Waals surface area contributed by atoms with Crippen molar-refractivity contribution in [2.45, 2.75) is 26.8 Å². The smallest absolute Gasteiger partial charge is 0.350 e. The molecule has 0 saturated carbocycles. The van der Waals surface area contributed by atoms with Gasteiger partial charge in [0.1, 0.15) is 16.5 Å². The quantitative estimate of drug-likeness (QED) is 0.177. The third-order valence-electron chi connectivity index (χ3n) is 6.34. The van der Waals surface area contributed by atoms with E-state index in [4.69, 9.17) is 18.9 Å². The SMILES string of the molecule is CCOC(=O)c1sc(N2C(=O)C(=O)C(=C(O)c3ccc(C)c(F)c3)C2c2cc(OC)c(OC)c(OC)c2)nc1C. The van der Waals surface area contributed by atoms with Crippen LogP contribution in [0.25, 0.3) is 5.76 Å². The van der Waals surface area contributed by atoms with Crippen LogP contribution in [-0.4, -0.2) is 55.7 Å². The van der Waals surface area contributed by atoms with Gasteiger partial charge in [0.05, 0.1) is 45.2 Å². The lowest BCUT2D eigenvalue weighted by Crippen LogP contribution is -2.29. The van der Waals surface area contributed by atoms with Crippen molar-refractivity contribution in [3.63, 3.8) is 0 Å².